The summed E-state index contributed by atoms with van der Waals surface area (Å²) in [6.45, 7) is 3.86. The fraction of sp³-hybridized carbons (Fsp3) is 0.154. The largest absolute Gasteiger partial charge is 0.441 e. The third-order valence-electron chi connectivity index (χ3n) is 5.87. The minimum Gasteiger partial charge on any atom is -0.441 e. The minimum atomic E-state index is -0.676. The van der Waals surface area contributed by atoms with E-state index in [1.54, 1.807) is 17.2 Å². The lowest BCUT2D eigenvalue weighted by Gasteiger charge is -2.29. The first-order valence-electron chi connectivity index (χ1n) is 10.8. The van der Waals surface area contributed by atoms with E-state index in [0.717, 1.165) is 22.4 Å². The molecule has 1 unspecified atom stereocenters. The van der Waals surface area contributed by atoms with E-state index >= 15 is 0 Å². The molecular formula is C26H22ClN5O2. The second kappa shape index (κ2) is 8.43. The number of ether oxygens (including phenoxy) is 1. The Labute approximate surface area is 202 Å². The van der Waals surface area contributed by atoms with Crippen LogP contribution >= 0.6 is 11.6 Å². The van der Waals surface area contributed by atoms with Gasteiger partial charge in [0.1, 0.15) is 17.5 Å². The van der Waals surface area contributed by atoms with Crippen molar-refractivity contribution in [3.05, 3.63) is 89.7 Å². The summed E-state index contributed by atoms with van der Waals surface area (Å²) in [6.07, 6.45) is 2.79. The molecule has 170 valence electrons. The standard InChI is InChI=1S/C26H22ClN5O2/c1-26(2)23(17-6-4-3-5-7-17)32(25(33)34-26)20-10-8-16(9-11-20)18-12-21(24(28)29-14-18)22-13-19(27)15-30-31-22/h3-15,23H,1-2H3,(H2,28,29). The van der Waals surface area contributed by atoms with Gasteiger partial charge in [-0.2, -0.15) is 10.2 Å². The number of nitrogens with zero attached hydrogens (tertiary/aromatic N) is 4. The molecule has 1 amide bonds. The number of aromatic nitrogens is 3. The van der Waals surface area contributed by atoms with Crippen LogP contribution in [0.3, 0.4) is 0 Å². The fourth-order valence-electron chi connectivity index (χ4n) is 4.31. The first-order chi connectivity index (χ1) is 16.3. The van der Waals surface area contributed by atoms with Gasteiger partial charge in [0, 0.05) is 23.0 Å². The highest BCUT2D eigenvalue weighted by Gasteiger charge is 2.49. The van der Waals surface area contributed by atoms with Crippen molar-refractivity contribution in [2.24, 2.45) is 0 Å². The summed E-state index contributed by atoms with van der Waals surface area (Å²) in [6, 6.07) is 20.9. The highest BCUT2D eigenvalue weighted by molar-refractivity contribution is 6.30. The Morgan fingerprint density at radius 2 is 1.74 bits per heavy atom. The smallest absolute Gasteiger partial charge is 0.415 e. The van der Waals surface area contributed by atoms with Crippen molar-refractivity contribution in [3.8, 4) is 22.4 Å². The fourth-order valence-corrected chi connectivity index (χ4v) is 4.46. The molecule has 3 heterocycles. The van der Waals surface area contributed by atoms with Crippen LogP contribution in [0.2, 0.25) is 5.02 Å². The molecule has 5 rings (SSSR count). The lowest BCUT2D eigenvalue weighted by Crippen LogP contribution is -2.33. The van der Waals surface area contributed by atoms with Crippen LogP contribution in [0.5, 0.6) is 0 Å². The summed E-state index contributed by atoms with van der Waals surface area (Å²) < 4.78 is 5.72. The number of carbonyl (C=O) groups excluding carboxylic acids is 1. The van der Waals surface area contributed by atoms with Gasteiger partial charge in [0.25, 0.3) is 0 Å². The van der Waals surface area contributed by atoms with E-state index in [-0.39, 0.29) is 12.1 Å². The van der Waals surface area contributed by atoms with E-state index in [4.69, 9.17) is 22.1 Å². The van der Waals surface area contributed by atoms with Gasteiger partial charge in [-0.3, -0.25) is 4.90 Å². The monoisotopic (exact) mass is 471 g/mol. The average molecular weight is 472 g/mol. The highest BCUT2D eigenvalue weighted by atomic mass is 35.5. The van der Waals surface area contributed by atoms with Crippen molar-refractivity contribution in [2.45, 2.75) is 25.5 Å². The molecule has 1 saturated heterocycles. The first-order valence-corrected chi connectivity index (χ1v) is 11.1. The number of cyclic esters (lactones) is 1. The number of amides is 1. The van der Waals surface area contributed by atoms with Gasteiger partial charge in [-0.1, -0.05) is 54.1 Å². The van der Waals surface area contributed by atoms with Gasteiger partial charge in [-0.15, -0.1) is 0 Å². The van der Waals surface area contributed by atoms with E-state index < -0.39 is 5.60 Å². The van der Waals surface area contributed by atoms with Crippen LogP contribution < -0.4 is 10.6 Å². The maximum Gasteiger partial charge on any atom is 0.415 e. The summed E-state index contributed by atoms with van der Waals surface area (Å²) in [4.78, 5) is 18.9. The lowest BCUT2D eigenvalue weighted by atomic mass is 9.91. The van der Waals surface area contributed by atoms with Gasteiger partial charge in [0.2, 0.25) is 0 Å². The van der Waals surface area contributed by atoms with Crippen LogP contribution in [-0.4, -0.2) is 26.9 Å². The van der Waals surface area contributed by atoms with E-state index in [9.17, 15) is 4.79 Å². The van der Waals surface area contributed by atoms with Crippen molar-refractivity contribution >= 4 is 29.2 Å². The Kier molecular flexibility index (Phi) is 5.42. The molecule has 2 aromatic carbocycles. The van der Waals surface area contributed by atoms with Crippen LogP contribution in [0.4, 0.5) is 16.3 Å². The molecule has 7 nitrogen and oxygen atoms in total. The predicted molar refractivity (Wildman–Crippen MR) is 132 cm³/mol. The number of halogens is 1. The van der Waals surface area contributed by atoms with Crippen LogP contribution in [-0.2, 0) is 4.74 Å². The number of benzene rings is 2. The molecule has 0 saturated carbocycles. The number of hydrogen-bond acceptors (Lipinski definition) is 6. The second-order valence-corrected chi connectivity index (χ2v) is 9.05. The molecule has 8 heteroatoms. The Hall–Kier alpha value is -3.97. The third kappa shape index (κ3) is 3.95. The topological polar surface area (TPSA) is 94.2 Å². The predicted octanol–water partition coefficient (Wildman–Crippen LogP) is 5.92. The van der Waals surface area contributed by atoms with Crippen molar-refractivity contribution in [2.75, 3.05) is 10.6 Å². The maximum absolute atomic E-state index is 12.9. The maximum atomic E-state index is 12.9. The normalized spacial score (nSPS) is 17.0. The molecule has 34 heavy (non-hydrogen) atoms. The van der Waals surface area contributed by atoms with E-state index in [0.29, 0.717) is 22.1 Å². The Bertz CT molecular complexity index is 1360. The zero-order chi connectivity index (χ0) is 23.9. The van der Waals surface area contributed by atoms with Gasteiger partial charge in [-0.25, -0.2) is 9.78 Å². The number of nitrogens with two attached hydrogens (primary N) is 1. The average Bonchev–Trinajstić information content (AvgIpc) is 3.08. The molecule has 1 atom stereocenters. The summed E-state index contributed by atoms with van der Waals surface area (Å²) >= 11 is 6.07. The van der Waals surface area contributed by atoms with Crippen LogP contribution in [0.15, 0.2) is 79.1 Å². The van der Waals surface area contributed by atoms with Crippen molar-refractivity contribution in [1.82, 2.24) is 15.2 Å². The molecule has 4 aromatic rings. The molecule has 1 aliphatic heterocycles. The van der Waals surface area contributed by atoms with Crippen molar-refractivity contribution < 1.29 is 9.53 Å². The summed E-state index contributed by atoms with van der Waals surface area (Å²) in [5.41, 5.74) is 10.1. The van der Waals surface area contributed by atoms with Gasteiger partial charge < -0.3 is 10.5 Å². The lowest BCUT2D eigenvalue weighted by molar-refractivity contribution is 0.0685. The Balaban J connectivity index is 1.50. The molecule has 0 spiro atoms. The summed E-state index contributed by atoms with van der Waals surface area (Å²) in [5.74, 6) is 0.338. The van der Waals surface area contributed by atoms with E-state index in [1.165, 1.54) is 6.20 Å². The molecule has 2 N–H and O–H groups in total. The number of carbonyl (C=O) groups is 1. The Morgan fingerprint density at radius 3 is 2.44 bits per heavy atom. The van der Waals surface area contributed by atoms with Gasteiger partial charge in [-0.05, 0) is 49.2 Å². The molecular weight excluding hydrogens is 450 g/mol. The molecule has 2 aromatic heterocycles. The van der Waals surface area contributed by atoms with Crippen LogP contribution in [0.25, 0.3) is 22.4 Å². The zero-order valence-corrected chi connectivity index (χ0v) is 19.4. The SMILES string of the molecule is CC1(C)OC(=O)N(c2ccc(-c3cnc(N)c(-c4cc(Cl)cnn4)c3)cc2)C1c1ccccc1. The Morgan fingerprint density at radius 1 is 1.00 bits per heavy atom. The molecule has 0 radical (unpaired) electrons. The van der Waals surface area contributed by atoms with E-state index in [1.807, 2.05) is 74.5 Å². The number of rotatable bonds is 4. The van der Waals surface area contributed by atoms with Crippen LogP contribution in [0.1, 0.15) is 25.5 Å². The summed E-state index contributed by atoms with van der Waals surface area (Å²) in [5, 5.41) is 8.48. The highest BCUT2D eigenvalue weighted by Crippen LogP contribution is 2.44. The van der Waals surface area contributed by atoms with Gasteiger partial charge in [0.05, 0.1) is 16.9 Å². The van der Waals surface area contributed by atoms with Crippen molar-refractivity contribution in [3.63, 3.8) is 0 Å². The molecule has 1 aliphatic rings. The molecule has 0 aliphatic carbocycles. The van der Waals surface area contributed by atoms with Crippen LogP contribution in [0, 0.1) is 0 Å². The third-order valence-corrected chi connectivity index (χ3v) is 6.08. The van der Waals surface area contributed by atoms with Gasteiger partial charge >= 0.3 is 6.09 Å². The molecule has 1 fully saturated rings. The number of anilines is 2. The molecule has 0 bridgehead atoms. The van der Waals surface area contributed by atoms with Gasteiger partial charge in [0.15, 0.2) is 0 Å². The minimum absolute atomic E-state index is 0.252. The number of pyridine rings is 1. The van der Waals surface area contributed by atoms with E-state index in [2.05, 4.69) is 15.2 Å². The number of nitrogen functional groups attached to an aromatic ring is 1. The number of hydrogen-bond donors (Lipinski definition) is 1. The first kappa shape index (κ1) is 21.9. The van der Waals surface area contributed by atoms with Crippen molar-refractivity contribution in [1.29, 1.82) is 0 Å². The quantitative estimate of drug-likeness (QED) is 0.397. The second-order valence-electron chi connectivity index (χ2n) is 8.62. The summed E-state index contributed by atoms with van der Waals surface area (Å²) in [7, 11) is 0. The zero-order valence-electron chi connectivity index (χ0n) is 18.6.